The molecule has 2 heterocycles. The smallest absolute Gasteiger partial charge is 0.0726 e. The third-order valence-electron chi connectivity index (χ3n) is 2.73. The Kier molecular flexibility index (Phi) is 3.10. The number of H-pyrrole nitrogens is 1. The van der Waals surface area contributed by atoms with Crippen LogP contribution in [0.1, 0.15) is 4.88 Å². The summed E-state index contributed by atoms with van der Waals surface area (Å²) in [4.78, 5) is 1.31. The van der Waals surface area contributed by atoms with Crippen LogP contribution in [-0.2, 0) is 6.54 Å². The lowest BCUT2D eigenvalue weighted by atomic mass is 10.1. The van der Waals surface area contributed by atoms with E-state index < -0.39 is 0 Å². The number of nitrogens with zero attached hydrogens (tertiary/aromatic N) is 1. The second-order valence-electron chi connectivity index (χ2n) is 4.01. The van der Waals surface area contributed by atoms with Crippen molar-refractivity contribution in [3.05, 3.63) is 59.0 Å². The molecule has 0 bridgehead atoms. The maximum absolute atomic E-state index is 3.90. The summed E-state index contributed by atoms with van der Waals surface area (Å²) in [5.41, 5.74) is 3.57. The van der Waals surface area contributed by atoms with Gasteiger partial charge in [-0.1, -0.05) is 30.3 Å². The van der Waals surface area contributed by atoms with E-state index in [-0.39, 0.29) is 0 Å². The lowest BCUT2D eigenvalue weighted by molar-refractivity contribution is 1.09. The molecule has 0 spiro atoms. The van der Waals surface area contributed by atoms with Crippen LogP contribution < -0.4 is 5.32 Å². The van der Waals surface area contributed by atoms with Crippen LogP contribution in [0.25, 0.3) is 11.1 Å². The topological polar surface area (TPSA) is 40.7 Å². The molecule has 0 aliphatic heterocycles. The van der Waals surface area contributed by atoms with Gasteiger partial charge >= 0.3 is 0 Å². The number of nitrogens with one attached hydrogen (secondary N) is 2. The van der Waals surface area contributed by atoms with Gasteiger partial charge in [0, 0.05) is 17.6 Å². The molecule has 2 N–H and O–H groups in total. The fourth-order valence-corrected chi connectivity index (χ4v) is 2.63. The van der Waals surface area contributed by atoms with Crippen LogP contribution >= 0.6 is 11.3 Å². The Morgan fingerprint density at radius 3 is 2.83 bits per heavy atom. The minimum atomic E-state index is 0.830. The first kappa shape index (κ1) is 11.0. The third-order valence-corrected chi connectivity index (χ3v) is 3.66. The highest BCUT2D eigenvalue weighted by Gasteiger charge is 2.02. The molecule has 0 saturated heterocycles. The Bertz CT molecular complexity index is 599. The lowest BCUT2D eigenvalue weighted by Gasteiger charge is -1.99. The summed E-state index contributed by atoms with van der Waals surface area (Å²) in [5.74, 6) is 0. The van der Waals surface area contributed by atoms with E-state index in [1.807, 2.05) is 12.3 Å². The summed E-state index contributed by atoms with van der Waals surface area (Å²) in [6, 6.07) is 12.7. The van der Waals surface area contributed by atoms with Gasteiger partial charge in [-0.05, 0) is 22.6 Å². The lowest BCUT2D eigenvalue weighted by Crippen LogP contribution is -1.95. The Morgan fingerprint density at radius 2 is 2.06 bits per heavy atom. The first-order chi connectivity index (χ1) is 8.92. The zero-order chi connectivity index (χ0) is 12.2. The summed E-state index contributed by atoms with van der Waals surface area (Å²) in [6.07, 6.45) is 3.64. The Morgan fingerprint density at radius 1 is 1.17 bits per heavy atom. The molecule has 3 nitrogen and oxygen atoms in total. The van der Waals surface area contributed by atoms with Crippen LogP contribution in [0.5, 0.6) is 0 Å². The van der Waals surface area contributed by atoms with Gasteiger partial charge < -0.3 is 5.32 Å². The zero-order valence-corrected chi connectivity index (χ0v) is 10.6. The Balaban J connectivity index is 1.70. The van der Waals surface area contributed by atoms with Gasteiger partial charge in [0.25, 0.3) is 0 Å². The maximum atomic E-state index is 3.90. The molecule has 90 valence electrons. The summed E-state index contributed by atoms with van der Waals surface area (Å²) in [5, 5.41) is 12.2. The van der Waals surface area contributed by atoms with E-state index in [4.69, 9.17) is 0 Å². The Labute approximate surface area is 109 Å². The van der Waals surface area contributed by atoms with Gasteiger partial charge in [0.15, 0.2) is 0 Å². The van der Waals surface area contributed by atoms with Gasteiger partial charge in [-0.15, -0.1) is 11.3 Å². The van der Waals surface area contributed by atoms with Crippen molar-refractivity contribution in [3.8, 4) is 11.1 Å². The predicted octanol–water partition coefficient (Wildman–Crippen LogP) is 3.75. The highest BCUT2D eigenvalue weighted by molar-refractivity contribution is 7.10. The maximum Gasteiger partial charge on any atom is 0.0726 e. The number of benzene rings is 1. The van der Waals surface area contributed by atoms with Crippen molar-refractivity contribution in [2.45, 2.75) is 6.54 Å². The van der Waals surface area contributed by atoms with Crippen molar-refractivity contribution in [2.24, 2.45) is 0 Å². The van der Waals surface area contributed by atoms with Crippen molar-refractivity contribution in [1.29, 1.82) is 0 Å². The van der Waals surface area contributed by atoms with Crippen molar-refractivity contribution < 1.29 is 0 Å². The molecule has 0 amide bonds. The average Bonchev–Trinajstić information content (AvgIpc) is 3.09. The average molecular weight is 255 g/mol. The minimum Gasteiger partial charge on any atom is -0.378 e. The van der Waals surface area contributed by atoms with Crippen LogP contribution in [-0.4, -0.2) is 10.2 Å². The molecule has 0 atom stereocenters. The molecule has 1 aromatic carbocycles. The first-order valence-corrected chi connectivity index (χ1v) is 6.65. The summed E-state index contributed by atoms with van der Waals surface area (Å²) in [7, 11) is 0. The quantitative estimate of drug-likeness (QED) is 0.745. The molecule has 0 radical (unpaired) electrons. The number of rotatable bonds is 4. The molecule has 0 aliphatic carbocycles. The largest absolute Gasteiger partial charge is 0.378 e. The molecule has 3 rings (SSSR count). The third kappa shape index (κ3) is 2.43. The van der Waals surface area contributed by atoms with Crippen LogP contribution in [0.3, 0.4) is 0 Å². The number of aromatic nitrogens is 2. The fourth-order valence-electron chi connectivity index (χ4n) is 1.79. The molecule has 2 aromatic heterocycles. The first-order valence-electron chi connectivity index (χ1n) is 5.77. The van der Waals surface area contributed by atoms with Crippen molar-refractivity contribution in [2.75, 3.05) is 5.32 Å². The molecular formula is C14H13N3S. The second-order valence-corrected chi connectivity index (χ2v) is 5.00. The van der Waals surface area contributed by atoms with Crippen molar-refractivity contribution >= 4 is 17.0 Å². The number of hydrogen-bond donors (Lipinski definition) is 2. The van der Waals surface area contributed by atoms with E-state index >= 15 is 0 Å². The van der Waals surface area contributed by atoms with E-state index in [2.05, 4.69) is 51.2 Å². The van der Waals surface area contributed by atoms with Crippen LogP contribution in [0.15, 0.2) is 54.2 Å². The molecule has 0 fully saturated rings. The molecule has 0 unspecified atom stereocenters. The van der Waals surface area contributed by atoms with Gasteiger partial charge in [-0.3, -0.25) is 5.10 Å². The standard InChI is InChI=1S/C14H13N3S/c1-2-4-11(5-3-1)12-6-14(18-10-12)9-15-13-7-16-17-8-13/h1-8,10,15H,9H2,(H,16,17). The summed E-state index contributed by atoms with van der Waals surface area (Å²) >= 11 is 1.77. The van der Waals surface area contributed by atoms with Gasteiger partial charge in [-0.25, -0.2) is 0 Å². The van der Waals surface area contributed by atoms with Crippen molar-refractivity contribution in [3.63, 3.8) is 0 Å². The molecule has 0 aliphatic rings. The highest BCUT2D eigenvalue weighted by Crippen LogP contribution is 2.25. The van der Waals surface area contributed by atoms with Crippen LogP contribution in [0.4, 0.5) is 5.69 Å². The fraction of sp³-hybridized carbons (Fsp3) is 0.0714. The number of aromatic amines is 1. The van der Waals surface area contributed by atoms with E-state index in [0.29, 0.717) is 0 Å². The minimum absolute atomic E-state index is 0.830. The predicted molar refractivity (Wildman–Crippen MR) is 75.7 cm³/mol. The Hall–Kier alpha value is -2.07. The molecule has 0 saturated carbocycles. The van der Waals surface area contributed by atoms with Gasteiger partial charge in [-0.2, -0.15) is 5.10 Å². The van der Waals surface area contributed by atoms with Crippen molar-refractivity contribution in [1.82, 2.24) is 10.2 Å². The zero-order valence-electron chi connectivity index (χ0n) is 9.76. The molecule has 4 heteroatoms. The molecule has 18 heavy (non-hydrogen) atoms. The summed E-state index contributed by atoms with van der Waals surface area (Å²) in [6.45, 7) is 0.830. The number of hydrogen-bond acceptors (Lipinski definition) is 3. The molecular weight excluding hydrogens is 242 g/mol. The highest BCUT2D eigenvalue weighted by atomic mass is 32.1. The van der Waals surface area contributed by atoms with Crippen LogP contribution in [0.2, 0.25) is 0 Å². The molecule has 3 aromatic rings. The van der Waals surface area contributed by atoms with Gasteiger partial charge in [0.1, 0.15) is 0 Å². The number of thiophene rings is 1. The second kappa shape index (κ2) is 5.06. The van der Waals surface area contributed by atoms with E-state index in [1.54, 1.807) is 17.5 Å². The van der Waals surface area contributed by atoms with Gasteiger partial charge in [0.05, 0.1) is 11.9 Å². The van der Waals surface area contributed by atoms with Gasteiger partial charge in [0.2, 0.25) is 0 Å². The van der Waals surface area contributed by atoms with E-state index in [1.165, 1.54) is 16.0 Å². The van der Waals surface area contributed by atoms with E-state index in [9.17, 15) is 0 Å². The SMILES string of the molecule is c1ccc(-c2csc(CNc3cn[nH]c3)c2)cc1. The van der Waals surface area contributed by atoms with Crippen LogP contribution in [0, 0.1) is 0 Å². The summed E-state index contributed by atoms with van der Waals surface area (Å²) < 4.78 is 0. The van der Waals surface area contributed by atoms with E-state index in [0.717, 1.165) is 12.2 Å². The monoisotopic (exact) mass is 255 g/mol. The number of anilines is 1. The normalized spacial score (nSPS) is 10.4.